The summed E-state index contributed by atoms with van der Waals surface area (Å²) in [5, 5.41) is 0. The number of rotatable bonds is 3. The van der Waals surface area contributed by atoms with Gasteiger partial charge in [-0.1, -0.05) is 9.24 Å². The van der Waals surface area contributed by atoms with Gasteiger partial charge >= 0.3 is 10.4 Å². The van der Waals surface area contributed by atoms with E-state index in [2.05, 4.69) is 66.2 Å². The van der Waals surface area contributed by atoms with Gasteiger partial charge in [0.1, 0.15) is 5.53 Å². The van der Waals surface area contributed by atoms with E-state index in [9.17, 15) is 0 Å². The predicted octanol–water partition coefficient (Wildman–Crippen LogP) is -0.495. The number of hydrogen-bond acceptors (Lipinski definition) is 5. The van der Waals surface area contributed by atoms with Gasteiger partial charge in [-0.15, -0.1) is 0 Å². The first kappa shape index (κ1) is 18.5. The summed E-state index contributed by atoms with van der Waals surface area (Å²) in [4.78, 5) is 6.45. The molecule has 2 N–H and O–H groups in total. The van der Waals surface area contributed by atoms with Gasteiger partial charge in [-0.3, -0.25) is 23.8 Å². The fourth-order valence-electron chi connectivity index (χ4n) is 1.20. The zero-order chi connectivity index (χ0) is 13.7. The molecule has 0 aromatic rings. The van der Waals surface area contributed by atoms with Crippen LogP contribution in [0.4, 0.5) is 0 Å². The van der Waals surface area contributed by atoms with Crippen molar-refractivity contribution in [2.45, 2.75) is 5.53 Å². The third-order valence-corrected chi connectivity index (χ3v) is 3.52. The first-order valence-electron chi connectivity index (χ1n) is 4.34. The Labute approximate surface area is 100 Å². The lowest BCUT2D eigenvalue weighted by molar-refractivity contribution is -0.0264. The second-order valence-corrected chi connectivity index (χ2v) is 5.49. The van der Waals surface area contributed by atoms with Crippen LogP contribution in [-0.2, 0) is 10.4 Å². The van der Waals surface area contributed by atoms with Crippen LogP contribution in [0.15, 0.2) is 0 Å². The largest absolute Gasteiger partial charge is 0.394 e. The highest BCUT2D eigenvalue weighted by molar-refractivity contribution is 7.79. The summed E-state index contributed by atoms with van der Waals surface area (Å²) < 4.78 is 31.6. The van der Waals surface area contributed by atoms with Gasteiger partial charge in [0.15, 0.2) is 0 Å². The Hall–Kier alpha value is 0.180. The first-order chi connectivity index (χ1) is 6.83. The van der Waals surface area contributed by atoms with Crippen molar-refractivity contribution in [3.8, 4) is 0 Å². The van der Waals surface area contributed by atoms with E-state index in [0.29, 0.717) is 0 Å². The van der Waals surface area contributed by atoms with E-state index < -0.39 is 10.4 Å². The lowest BCUT2D eigenvalue weighted by atomic mass is 10.5. The lowest BCUT2D eigenvalue weighted by Gasteiger charge is -2.46. The molecule has 0 aromatic heterocycles. The molecule has 0 amide bonds. The molecular weight excluding hydrogens is 253 g/mol. The zero-order valence-electron chi connectivity index (χ0n) is 10.5. The van der Waals surface area contributed by atoms with Crippen LogP contribution >= 0.6 is 9.24 Å². The SMILES string of the molecule is CN(C)C(P)(N(C)C)N(C)C.O=S(=O)(O)O. The maximum absolute atomic E-state index is 8.74. The highest BCUT2D eigenvalue weighted by atomic mass is 32.3. The molecule has 0 bridgehead atoms. The Bertz CT molecular complexity index is 262. The van der Waals surface area contributed by atoms with E-state index in [1.54, 1.807) is 0 Å². The molecule has 9 heteroatoms. The van der Waals surface area contributed by atoms with Gasteiger partial charge in [-0.2, -0.15) is 8.42 Å². The van der Waals surface area contributed by atoms with Crippen LogP contribution in [0.2, 0.25) is 0 Å². The maximum atomic E-state index is 8.74. The molecule has 0 radical (unpaired) electrons. The minimum atomic E-state index is -4.67. The molecule has 0 rings (SSSR count). The molecule has 1 atom stereocenters. The minimum absolute atomic E-state index is 0.0833. The van der Waals surface area contributed by atoms with Crippen molar-refractivity contribution in [2.75, 3.05) is 42.3 Å². The summed E-state index contributed by atoms with van der Waals surface area (Å²) in [7, 11) is 10.5. The van der Waals surface area contributed by atoms with Gasteiger partial charge in [-0.25, -0.2) is 0 Å². The molecule has 0 fully saturated rings. The van der Waals surface area contributed by atoms with Crippen LogP contribution < -0.4 is 0 Å². The van der Waals surface area contributed by atoms with Crippen molar-refractivity contribution in [3.05, 3.63) is 0 Å². The van der Waals surface area contributed by atoms with Crippen molar-refractivity contribution in [1.82, 2.24) is 14.7 Å². The molecule has 0 aliphatic carbocycles. The van der Waals surface area contributed by atoms with E-state index in [0.717, 1.165) is 0 Å². The van der Waals surface area contributed by atoms with Gasteiger partial charge in [-0.05, 0) is 42.3 Å². The molecule has 0 aliphatic rings. The summed E-state index contributed by atoms with van der Waals surface area (Å²) in [5.41, 5.74) is -0.0833. The average molecular weight is 275 g/mol. The summed E-state index contributed by atoms with van der Waals surface area (Å²) in [6.45, 7) is 0. The van der Waals surface area contributed by atoms with Gasteiger partial charge < -0.3 is 0 Å². The van der Waals surface area contributed by atoms with Crippen molar-refractivity contribution >= 4 is 19.6 Å². The third kappa shape index (κ3) is 7.45. The topological polar surface area (TPSA) is 84.3 Å². The Kier molecular flexibility index (Phi) is 7.89. The van der Waals surface area contributed by atoms with E-state index in [1.165, 1.54) is 0 Å². The fourth-order valence-corrected chi connectivity index (χ4v) is 1.20. The second kappa shape index (κ2) is 6.80. The molecule has 1 unspecified atom stereocenters. The lowest BCUT2D eigenvalue weighted by Crippen LogP contribution is -2.59. The van der Waals surface area contributed by atoms with E-state index >= 15 is 0 Å². The highest BCUT2D eigenvalue weighted by Gasteiger charge is 2.31. The summed E-state index contributed by atoms with van der Waals surface area (Å²) in [6.07, 6.45) is 0. The summed E-state index contributed by atoms with van der Waals surface area (Å²) >= 11 is 0. The minimum Gasteiger partial charge on any atom is -0.276 e. The van der Waals surface area contributed by atoms with Gasteiger partial charge in [0.05, 0.1) is 0 Å². The van der Waals surface area contributed by atoms with Crippen LogP contribution in [0.25, 0.3) is 0 Å². The van der Waals surface area contributed by atoms with Crippen LogP contribution in [0, 0.1) is 0 Å². The molecule has 16 heavy (non-hydrogen) atoms. The maximum Gasteiger partial charge on any atom is 0.394 e. The van der Waals surface area contributed by atoms with Crippen LogP contribution in [0.1, 0.15) is 0 Å². The molecule has 0 saturated heterocycles. The van der Waals surface area contributed by atoms with E-state index in [1.807, 2.05) is 0 Å². The zero-order valence-corrected chi connectivity index (χ0v) is 12.5. The van der Waals surface area contributed by atoms with Gasteiger partial charge in [0.2, 0.25) is 0 Å². The average Bonchev–Trinajstić information content (AvgIpc) is 1.98. The third-order valence-electron chi connectivity index (χ3n) is 1.97. The molecule has 0 aliphatic heterocycles. The Morgan fingerprint density at radius 3 is 1.00 bits per heavy atom. The predicted molar refractivity (Wildman–Crippen MR) is 67.7 cm³/mol. The summed E-state index contributed by atoms with van der Waals surface area (Å²) in [6, 6.07) is 0. The molecule has 0 aromatic carbocycles. The van der Waals surface area contributed by atoms with Crippen molar-refractivity contribution in [2.24, 2.45) is 0 Å². The highest BCUT2D eigenvalue weighted by Crippen LogP contribution is 2.25. The fraction of sp³-hybridized carbons (Fsp3) is 1.00. The number of nitrogens with zero attached hydrogens (tertiary/aromatic N) is 3. The molecule has 0 spiro atoms. The quantitative estimate of drug-likeness (QED) is 0.408. The van der Waals surface area contributed by atoms with Crippen molar-refractivity contribution in [1.29, 1.82) is 0 Å². The Morgan fingerprint density at radius 2 is 1.00 bits per heavy atom. The molecular formula is C7H22N3O4PS. The molecule has 0 saturated carbocycles. The summed E-state index contributed by atoms with van der Waals surface area (Å²) in [5.74, 6) is 0. The van der Waals surface area contributed by atoms with Gasteiger partial charge in [0.25, 0.3) is 0 Å². The smallest absolute Gasteiger partial charge is 0.276 e. The molecule has 0 heterocycles. The second-order valence-electron chi connectivity index (χ2n) is 3.82. The monoisotopic (exact) mass is 275 g/mol. The Balaban J connectivity index is 0. The van der Waals surface area contributed by atoms with Crippen LogP contribution in [0.5, 0.6) is 0 Å². The standard InChI is InChI=1S/C7H20N3P.H2O4S/c1-8(2)7(11,9(3)4)10(5)6;1-5(2,3)4/h11H2,1-6H3;(H2,1,2,3,4). The molecule has 100 valence electrons. The van der Waals surface area contributed by atoms with E-state index in [-0.39, 0.29) is 5.53 Å². The molecule has 7 nitrogen and oxygen atoms in total. The Morgan fingerprint density at radius 1 is 0.875 bits per heavy atom. The van der Waals surface area contributed by atoms with Gasteiger partial charge in [0, 0.05) is 0 Å². The van der Waals surface area contributed by atoms with Crippen molar-refractivity contribution in [3.63, 3.8) is 0 Å². The number of hydrogen-bond donors (Lipinski definition) is 2. The first-order valence-corrected chi connectivity index (χ1v) is 6.32. The normalized spacial score (nSPS) is 13.0. The van der Waals surface area contributed by atoms with Crippen LogP contribution in [0.3, 0.4) is 0 Å². The van der Waals surface area contributed by atoms with E-state index in [4.69, 9.17) is 17.5 Å². The van der Waals surface area contributed by atoms with Crippen molar-refractivity contribution < 1.29 is 17.5 Å². The van der Waals surface area contributed by atoms with Crippen LogP contribution in [-0.4, -0.2) is 80.0 Å².